The lowest BCUT2D eigenvalue weighted by Gasteiger charge is -2.19. The van der Waals surface area contributed by atoms with Crippen LogP contribution < -0.4 is 15.4 Å². The summed E-state index contributed by atoms with van der Waals surface area (Å²) in [5.41, 5.74) is 0.968. The molecule has 0 aliphatic carbocycles. The normalized spacial score (nSPS) is 13.4. The van der Waals surface area contributed by atoms with Gasteiger partial charge in [0.1, 0.15) is 5.75 Å². The Morgan fingerprint density at radius 3 is 2.70 bits per heavy atom. The van der Waals surface area contributed by atoms with Crippen LogP contribution >= 0.6 is 15.9 Å². The van der Waals surface area contributed by atoms with Crippen molar-refractivity contribution < 1.29 is 14.6 Å². The van der Waals surface area contributed by atoms with Gasteiger partial charge in [-0.3, -0.25) is 0 Å². The van der Waals surface area contributed by atoms with Gasteiger partial charge in [0.25, 0.3) is 0 Å². The van der Waals surface area contributed by atoms with E-state index in [-0.39, 0.29) is 24.6 Å². The van der Waals surface area contributed by atoms with Crippen LogP contribution in [0.15, 0.2) is 22.7 Å². The fourth-order valence-electron chi connectivity index (χ4n) is 1.56. The number of carbonyl (C=O) groups excluding carboxylic acids is 1. The Balaban J connectivity index is 2.47. The summed E-state index contributed by atoms with van der Waals surface area (Å²) < 4.78 is 6.00. The second-order valence-electron chi connectivity index (χ2n) is 4.74. The summed E-state index contributed by atoms with van der Waals surface area (Å²) in [7, 11) is 1.61. The molecule has 0 fully saturated rings. The average molecular weight is 345 g/mol. The molecule has 2 atom stereocenters. The average Bonchev–Trinajstić information content (AvgIpc) is 2.44. The van der Waals surface area contributed by atoms with E-state index in [1.165, 1.54) is 0 Å². The number of benzene rings is 1. The second kappa shape index (κ2) is 8.11. The number of hydrogen-bond acceptors (Lipinski definition) is 3. The Morgan fingerprint density at radius 2 is 2.15 bits per heavy atom. The Hall–Kier alpha value is -1.27. The number of ether oxygens (including phenoxy) is 1. The number of aliphatic hydroxyl groups is 1. The first-order chi connectivity index (χ1) is 9.47. The van der Waals surface area contributed by atoms with Gasteiger partial charge in [0.2, 0.25) is 0 Å². The van der Waals surface area contributed by atoms with Crippen LogP contribution in [0.5, 0.6) is 5.75 Å². The summed E-state index contributed by atoms with van der Waals surface area (Å²) in [5.74, 6) is 0.777. The van der Waals surface area contributed by atoms with Crippen LogP contribution in [0.4, 0.5) is 4.79 Å². The highest BCUT2D eigenvalue weighted by Crippen LogP contribution is 2.25. The molecule has 0 aromatic heterocycles. The largest absolute Gasteiger partial charge is 0.496 e. The molecule has 0 radical (unpaired) electrons. The first-order valence-electron chi connectivity index (χ1n) is 6.45. The van der Waals surface area contributed by atoms with Crippen LogP contribution in [0, 0.1) is 5.92 Å². The lowest BCUT2D eigenvalue weighted by molar-refractivity contribution is 0.200. The quantitative estimate of drug-likeness (QED) is 0.741. The summed E-state index contributed by atoms with van der Waals surface area (Å²) in [6.45, 7) is 4.22. The van der Waals surface area contributed by atoms with E-state index in [1.54, 1.807) is 7.11 Å². The minimum absolute atomic E-state index is 0.0240. The molecule has 0 aliphatic rings. The van der Waals surface area contributed by atoms with Gasteiger partial charge in [0, 0.05) is 19.2 Å². The molecule has 20 heavy (non-hydrogen) atoms. The van der Waals surface area contributed by atoms with Crippen molar-refractivity contribution in [3.8, 4) is 5.75 Å². The van der Waals surface area contributed by atoms with Gasteiger partial charge in [-0.05, 0) is 46.5 Å². The summed E-state index contributed by atoms with van der Waals surface area (Å²) in [4.78, 5) is 11.7. The molecule has 1 aromatic rings. The zero-order valence-corrected chi connectivity index (χ0v) is 13.5. The van der Waals surface area contributed by atoms with E-state index in [2.05, 4.69) is 26.6 Å². The van der Waals surface area contributed by atoms with E-state index in [4.69, 9.17) is 9.84 Å². The van der Waals surface area contributed by atoms with Crippen LogP contribution in [0.25, 0.3) is 0 Å². The van der Waals surface area contributed by atoms with Crippen LogP contribution in [0.1, 0.15) is 19.4 Å². The SMILES string of the molecule is COc1ccc(CNC(=O)NC(C)C(C)CO)cc1Br. The molecule has 0 saturated heterocycles. The number of amides is 2. The van der Waals surface area contributed by atoms with Gasteiger partial charge in [-0.25, -0.2) is 4.79 Å². The number of aliphatic hydroxyl groups excluding tert-OH is 1. The van der Waals surface area contributed by atoms with Gasteiger partial charge < -0.3 is 20.5 Å². The molecule has 0 heterocycles. The van der Waals surface area contributed by atoms with Crippen LogP contribution in [-0.2, 0) is 6.54 Å². The van der Waals surface area contributed by atoms with Crippen molar-refractivity contribution in [1.29, 1.82) is 0 Å². The van der Waals surface area contributed by atoms with E-state index in [0.717, 1.165) is 15.8 Å². The van der Waals surface area contributed by atoms with E-state index in [1.807, 2.05) is 32.0 Å². The van der Waals surface area contributed by atoms with Crippen molar-refractivity contribution in [3.63, 3.8) is 0 Å². The van der Waals surface area contributed by atoms with Gasteiger partial charge in [0.05, 0.1) is 11.6 Å². The zero-order valence-electron chi connectivity index (χ0n) is 11.9. The van der Waals surface area contributed by atoms with Gasteiger partial charge in [0.15, 0.2) is 0 Å². The van der Waals surface area contributed by atoms with E-state index in [0.29, 0.717) is 6.54 Å². The highest BCUT2D eigenvalue weighted by Gasteiger charge is 2.13. The van der Waals surface area contributed by atoms with Crippen LogP contribution in [-0.4, -0.2) is 30.9 Å². The maximum absolute atomic E-state index is 11.7. The monoisotopic (exact) mass is 344 g/mol. The minimum Gasteiger partial charge on any atom is -0.496 e. The molecule has 0 bridgehead atoms. The molecule has 0 saturated carbocycles. The fourth-order valence-corrected chi connectivity index (χ4v) is 2.15. The molecule has 0 spiro atoms. The molecule has 1 aromatic carbocycles. The molecule has 3 N–H and O–H groups in total. The van der Waals surface area contributed by atoms with E-state index >= 15 is 0 Å². The van der Waals surface area contributed by atoms with E-state index in [9.17, 15) is 4.79 Å². The van der Waals surface area contributed by atoms with Gasteiger partial charge in [-0.2, -0.15) is 0 Å². The Labute approximate surface area is 127 Å². The van der Waals surface area contributed by atoms with Crippen molar-refractivity contribution in [3.05, 3.63) is 28.2 Å². The maximum Gasteiger partial charge on any atom is 0.315 e. The van der Waals surface area contributed by atoms with Crippen molar-refractivity contribution in [2.75, 3.05) is 13.7 Å². The smallest absolute Gasteiger partial charge is 0.315 e. The van der Waals surface area contributed by atoms with Crippen LogP contribution in [0.3, 0.4) is 0 Å². The Bertz CT molecular complexity index is 454. The van der Waals surface area contributed by atoms with Crippen molar-refractivity contribution in [2.45, 2.75) is 26.4 Å². The number of urea groups is 1. The molecule has 2 unspecified atom stereocenters. The topological polar surface area (TPSA) is 70.6 Å². The van der Waals surface area contributed by atoms with Crippen molar-refractivity contribution >= 4 is 22.0 Å². The molecule has 1 rings (SSSR count). The lowest BCUT2D eigenvalue weighted by atomic mass is 10.1. The molecule has 5 nitrogen and oxygen atoms in total. The van der Waals surface area contributed by atoms with Gasteiger partial charge >= 0.3 is 6.03 Å². The molecule has 2 amide bonds. The Kier molecular flexibility index (Phi) is 6.81. The summed E-state index contributed by atoms with van der Waals surface area (Å²) in [6.07, 6.45) is 0. The highest BCUT2D eigenvalue weighted by atomic mass is 79.9. The number of hydrogen-bond donors (Lipinski definition) is 3. The van der Waals surface area contributed by atoms with Crippen molar-refractivity contribution in [2.24, 2.45) is 5.92 Å². The molecular weight excluding hydrogens is 324 g/mol. The third-order valence-corrected chi connectivity index (χ3v) is 3.79. The number of methoxy groups -OCH3 is 1. The standard InChI is InChI=1S/C14H21BrN2O3/c1-9(8-18)10(2)17-14(19)16-7-11-4-5-13(20-3)12(15)6-11/h4-6,9-10,18H,7-8H2,1-3H3,(H2,16,17,19). The molecule has 6 heteroatoms. The Morgan fingerprint density at radius 1 is 1.45 bits per heavy atom. The minimum atomic E-state index is -0.246. The predicted molar refractivity (Wildman–Crippen MR) is 81.8 cm³/mol. The molecular formula is C14H21BrN2O3. The molecule has 112 valence electrons. The predicted octanol–water partition coefficient (Wildman–Crippen LogP) is 2.27. The number of halogens is 1. The third kappa shape index (κ3) is 5.02. The third-order valence-electron chi connectivity index (χ3n) is 3.17. The first-order valence-corrected chi connectivity index (χ1v) is 7.24. The number of carbonyl (C=O) groups is 1. The maximum atomic E-state index is 11.7. The highest BCUT2D eigenvalue weighted by molar-refractivity contribution is 9.10. The summed E-state index contributed by atoms with van der Waals surface area (Å²) in [6, 6.07) is 5.31. The first kappa shape index (κ1) is 16.8. The van der Waals surface area contributed by atoms with Crippen LogP contribution in [0.2, 0.25) is 0 Å². The fraction of sp³-hybridized carbons (Fsp3) is 0.500. The number of rotatable bonds is 6. The van der Waals surface area contributed by atoms with Gasteiger partial charge in [-0.1, -0.05) is 13.0 Å². The lowest BCUT2D eigenvalue weighted by Crippen LogP contribution is -2.43. The van der Waals surface area contributed by atoms with E-state index < -0.39 is 0 Å². The second-order valence-corrected chi connectivity index (χ2v) is 5.60. The van der Waals surface area contributed by atoms with Gasteiger partial charge in [-0.15, -0.1) is 0 Å². The summed E-state index contributed by atoms with van der Waals surface area (Å²) >= 11 is 3.40. The number of nitrogens with one attached hydrogen (secondary N) is 2. The summed E-state index contributed by atoms with van der Waals surface area (Å²) in [5, 5.41) is 14.6. The molecule has 0 aliphatic heterocycles. The zero-order chi connectivity index (χ0) is 15.1. The van der Waals surface area contributed by atoms with Crippen molar-refractivity contribution in [1.82, 2.24) is 10.6 Å².